The van der Waals surface area contributed by atoms with E-state index in [9.17, 15) is 9.18 Å². The number of aryl methyl sites for hydroxylation is 2. The van der Waals surface area contributed by atoms with Gasteiger partial charge in [0.25, 0.3) is 0 Å². The van der Waals surface area contributed by atoms with Crippen LogP contribution in [0.3, 0.4) is 0 Å². The normalized spacial score (nSPS) is 29.4. The third-order valence-electron chi connectivity index (χ3n) is 5.45. The van der Waals surface area contributed by atoms with Crippen LogP contribution in [-0.4, -0.2) is 29.8 Å². The summed E-state index contributed by atoms with van der Waals surface area (Å²) in [4.78, 5) is 15.4. The average Bonchev–Trinajstić information content (AvgIpc) is 2.36. The molecule has 114 valence electrons. The summed E-state index contributed by atoms with van der Waals surface area (Å²) in [6.07, 6.45) is 5.62. The van der Waals surface area contributed by atoms with Crippen LogP contribution in [0.15, 0.2) is 12.1 Å². The minimum absolute atomic E-state index is 0.111. The fourth-order valence-electron chi connectivity index (χ4n) is 4.33. The van der Waals surface area contributed by atoms with E-state index in [1.165, 1.54) is 31.4 Å². The molecule has 0 spiro atoms. The van der Waals surface area contributed by atoms with Gasteiger partial charge in [0.15, 0.2) is 5.78 Å². The molecule has 2 fully saturated rings. The second-order valence-electron chi connectivity index (χ2n) is 6.85. The topological polar surface area (TPSA) is 20.3 Å². The van der Waals surface area contributed by atoms with Gasteiger partial charge in [-0.05, 0) is 69.8 Å². The Kier molecular flexibility index (Phi) is 3.87. The minimum atomic E-state index is -0.248. The van der Waals surface area contributed by atoms with Gasteiger partial charge in [-0.15, -0.1) is 0 Å². The van der Waals surface area contributed by atoms with Crippen LogP contribution in [0.25, 0.3) is 0 Å². The zero-order chi connectivity index (χ0) is 15.1. The Balaban J connectivity index is 1.86. The molecule has 21 heavy (non-hydrogen) atoms. The van der Waals surface area contributed by atoms with Crippen molar-refractivity contribution in [2.45, 2.75) is 58.0 Å². The molecule has 2 aliphatic heterocycles. The molecule has 2 unspecified atom stereocenters. The molecule has 3 heteroatoms. The Labute approximate surface area is 126 Å². The van der Waals surface area contributed by atoms with Gasteiger partial charge in [0.1, 0.15) is 5.82 Å². The number of benzene rings is 1. The molecule has 2 saturated heterocycles. The first-order valence-corrected chi connectivity index (χ1v) is 8.00. The highest BCUT2D eigenvalue weighted by molar-refractivity contribution is 6.00. The van der Waals surface area contributed by atoms with Gasteiger partial charge in [0.2, 0.25) is 0 Å². The molecule has 0 aromatic heterocycles. The van der Waals surface area contributed by atoms with Crippen LogP contribution in [0.1, 0.15) is 53.6 Å². The lowest BCUT2D eigenvalue weighted by Gasteiger charge is -2.46. The lowest BCUT2D eigenvalue weighted by atomic mass is 9.75. The van der Waals surface area contributed by atoms with Gasteiger partial charge in [-0.1, -0.05) is 6.42 Å². The number of piperidine rings is 2. The van der Waals surface area contributed by atoms with E-state index >= 15 is 0 Å². The molecule has 2 atom stereocenters. The highest BCUT2D eigenvalue weighted by atomic mass is 19.1. The van der Waals surface area contributed by atoms with Crippen LogP contribution in [0.4, 0.5) is 4.39 Å². The number of ketones is 1. The second-order valence-corrected chi connectivity index (χ2v) is 6.85. The number of hydrogen-bond donors (Lipinski definition) is 0. The number of carbonyl (C=O) groups is 1. The van der Waals surface area contributed by atoms with Crippen LogP contribution in [0, 0.1) is 25.6 Å². The number of fused-ring (bicyclic) bond motifs is 2. The molecule has 0 radical (unpaired) electrons. The van der Waals surface area contributed by atoms with Crippen molar-refractivity contribution in [3.05, 3.63) is 34.6 Å². The summed E-state index contributed by atoms with van der Waals surface area (Å²) >= 11 is 0. The van der Waals surface area contributed by atoms with Gasteiger partial charge < -0.3 is 4.90 Å². The van der Waals surface area contributed by atoms with E-state index in [1.54, 1.807) is 0 Å². The van der Waals surface area contributed by atoms with Gasteiger partial charge >= 0.3 is 0 Å². The molecule has 1 aromatic rings. The zero-order valence-corrected chi connectivity index (χ0v) is 13.2. The van der Waals surface area contributed by atoms with Crippen LogP contribution < -0.4 is 0 Å². The Hall–Kier alpha value is -1.22. The second kappa shape index (κ2) is 5.53. The first-order valence-electron chi connectivity index (χ1n) is 8.00. The summed E-state index contributed by atoms with van der Waals surface area (Å²) in [5.41, 5.74) is 2.31. The van der Waals surface area contributed by atoms with Gasteiger partial charge in [-0.2, -0.15) is 0 Å². The van der Waals surface area contributed by atoms with Crippen LogP contribution in [0.2, 0.25) is 0 Å². The lowest BCUT2D eigenvalue weighted by Crippen LogP contribution is -2.51. The standard InChI is InChI=1S/C18H24FNO/c1-11-7-14(19)8-12(2)17(11)18(21)13-9-15-5-4-6-16(10-13)20(15)3/h7-8,13,15-16H,4-6,9-10H2,1-3H3. The Bertz CT molecular complexity index is 531. The quantitative estimate of drug-likeness (QED) is 0.770. The summed E-state index contributed by atoms with van der Waals surface area (Å²) in [6, 6.07) is 4.06. The molecule has 0 N–H and O–H groups in total. The third kappa shape index (κ3) is 2.64. The third-order valence-corrected chi connectivity index (χ3v) is 5.45. The van der Waals surface area contributed by atoms with Crippen molar-refractivity contribution in [3.8, 4) is 0 Å². The molecule has 2 heterocycles. The van der Waals surface area contributed by atoms with Gasteiger partial charge in [0.05, 0.1) is 0 Å². The van der Waals surface area contributed by atoms with E-state index in [0.29, 0.717) is 12.1 Å². The van der Waals surface area contributed by atoms with Crippen molar-refractivity contribution in [2.24, 2.45) is 5.92 Å². The highest BCUT2D eigenvalue weighted by Gasteiger charge is 2.39. The van der Waals surface area contributed by atoms with Crippen molar-refractivity contribution >= 4 is 5.78 Å². The molecule has 3 rings (SSSR count). The van der Waals surface area contributed by atoms with Crippen LogP contribution in [0.5, 0.6) is 0 Å². The zero-order valence-electron chi connectivity index (χ0n) is 13.2. The number of halogens is 1. The summed E-state index contributed by atoms with van der Waals surface area (Å²) in [6.45, 7) is 3.69. The van der Waals surface area contributed by atoms with E-state index in [0.717, 1.165) is 29.5 Å². The maximum absolute atomic E-state index is 13.4. The van der Waals surface area contributed by atoms with Crippen molar-refractivity contribution in [2.75, 3.05) is 7.05 Å². The Morgan fingerprint density at radius 3 is 2.19 bits per heavy atom. The Morgan fingerprint density at radius 2 is 1.67 bits per heavy atom. The number of rotatable bonds is 2. The first-order chi connectivity index (χ1) is 9.97. The van der Waals surface area contributed by atoms with E-state index in [4.69, 9.17) is 0 Å². The summed E-state index contributed by atoms with van der Waals surface area (Å²) in [5.74, 6) is 0.0937. The van der Waals surface area contributed by atoms with Crippen molar-refractivity contribution < 1.29 is 9.18 Å². The molecule has 2 bridgehead atoms. The number of hydrogen-bond acceptors (Lipinski definition) is 2. The molecule has 2 aliphatic rings. The van der Waals surface area contributed by atoms with E-state index < -0.39 is 0 Å². The number of Topliss-reactive ketones (excluding diaryl/α,β-unsaturated/α-hetero) is 1. The smallest absolute Gasteiger partial charge is 0.166 e. The first kappa shape index (κ1) is 14.7. The largest absolute Gasteiger partial charge is 0.300 e. The maximum atomic E-state index is 13.4. The molecule has 1 aromatic carbocycles. The lowest BCUT2D eigenvalue weighted by molar-refractivity contribution is 0.0338. The SMILES string of the molecule is Cc1cc(F)cc(C)c1C(=O)C1CC2CCCC(C1)N2C. The fourth-order valence-corrected chi connectivity index (χ4v) is 4.33. The molecule has 2 nitrogen and oxygen atoms in total. The average molecular weight is 289 g/mol. The molecular formula is C18H24FNO. The maximum Gasteiger partial charge on any atom is 0.166 e. The fraction of sp³-hybridized carbons (Fsp3) is 0.611. The number of nitrogens with zero attached hydrogens (tertiary/aromatic N) is 1. The van der Waals surface area contributed by atoms with E-state index in [1.807, 2.05) is 13.8 Å². The number of carbonyl (C=O) groups excluding carboxylic acids is 1. The predicted molar refractivity (Wildman–Crippen MR) is 82.1 cm³/mol. The Morgan fingerprint density at radius 1 is 1.14 bits per heavy atom. The van der Waals surface area contributed by atoms with Crippen molar-refractivity contribution in [1.29, 1.82) is 0 Å². The molecule has 0 aliphatic carbocycles. The summed E-state index contributed by atoms with van der Waals surface area (Å²) < 4.78 is 13.4. The van der Waals surface area contributed by atoms with Crippen LogP contribution in [-0.2, 0) is 0 Å². The monoisotopic (exact) mass is 289 g/mol. The predicted octanol–water partition coefficient (Wildman–Crippen LogP) is 3.89. The molecule has 0 amide bonds. The molecular weight excluding hydrogens is 265 g/mol. The van der Waals surface area contributed by atoms with Gasteiger partial charge in [-0.3, -0.25) is 4.79 Å². The summed E-state index contributed by atoms with van der Waals surface area (Å²) in [7, 11) is 2.20. The van der Waals surface area contributed by atoms with Crippen LogP contribution >= 0.6 is 0 Å². The minimum Gasteiger partial charge on any atom is -0.300 e. The highest BCUT2D eigenvalue weighted by Crippen LogP contribution is 2.37. The van der Waals surface area contributed by atoms with E-state index in [-0.39, 0.29) is 17.5 Å². The molecule has 0 saturated carbocycles. The van der Waals surface area contributed by atoms with E-state index in [2.05, 4.69) is 11.9 Å². The van der Waals surface area contributed by atoms with Crippen molar-refractivity contribution in [1.82, 2.24) is 4.90 Å². The van der Waals surface area contributed by atoms with Gasteiger partial charge in [0, 0.05) is 23.6 Å². The van der Waals surface area contributed by atoms with Gasteiger partial charge in [-0.25, -0.2) is 4.39 Å². The van der Waals surface area contributed by atoms with Crippen molar-refractivity contribution in [3.63, 3.8) is 0 Å². The summed E-state index contributed by atoms with van der Waals surface area (Å²) in [5, 5.41) is 0.